The molecule has 2 rings (SSSR count). The van der Waals surface area contributed by atoms with Crippen LogP contribution >= 0.6 is 0 Å². The summed E-state index contributed by atoms with van der Waals surface area (Å²) in [5, 5.41) is 14.2. The van der Waals surface area contributed by atoms with Gasteiger partial charge in [-0.3, -0.25) is 9.59 Å². The minimum Gasteiger partial charge on any atom is -0.381 e. The highest BCUT2D eigenvalue weighted by atomic mass is 16.5. The van der Waals surface area contributed by atoms with E-state index in [-0.39, 0.29) is 24.3 Å². The third-order valence-corrected chi connectivity index (χ3v) is 3.34. The van der Waals surface area contributed by atoms with Gasteiger partial charge < -0.3 is 15.4 Å². The number of para-hydroxylation sites is 1. The van der Waals surface area contributed by atoms with E-state index in [9.17, 15) is 9.59 Å². The van der Waals surface area contributed by atoms with Crippen LogP contribution in [0.25, 0.3) is 0 Å². The van der Waals surface area contributed by atoms with Crippen LogP contribution in [0, 0.1) is 17.2 Å². The van der Waals surface area contributed by atoms with Gasteiger partial charge in [0.05, 0.1) is 17.8 Å². The first-order valence-corrected chi connectivity index (χ1v) is 6.85. The molecule has 1 fully saturated rings. The predicted octanol–water partition coefficient (Wildman–Crippen LogP) is 1.04. The second kappa shape index (κ2) is 7.41. The second-order valence-electron chi connectivity index (χ2n) is 4.81. The third kappa shape index (κ3) is 4.29. The van der Waals surface area contributed by atoms with Gasteiger partial charge in [0.25, 0.3) is 0 Å². The molecule has 0 aliphatic carbocycles. The first kappa shape index (κ1) is 15.0. The summed E-state index contributed by atoms with van der Waals surface area (Å²) in [5.74, 6) is -0.557. The summed E-state index contributed by atoms with van der Waals surface area (Å²) in [7, 11) is 0. The van der Waals surface area contributed by atoms with E-state index < -0.39 is 0 Å². The first-order chi connectivity index (χ1) is 10.2. The average molecular weight is 287 g/mol. The molecular weight excluding hydrogens is 270 g/mol. The van der Waals surface area contributed by atoms with Crippen molar-refractivity contribution in [3.8, 4) is 6.07 Å². The van der Waals surface area contributed by atoms with Gasteiger partial charge in [0, 0.05) is 19.1 Å². The largest absolute Gasteiger partial charge is 0.381 e. The molecular formula is C15H17N3O3. The maximum absolute atomic E-state index is 11.9. The molecule has 0 radical (unpaired) electrons. The van der Waals surface area contributed by atoms with Crippen LogP contribution in [-0.4, -0.2) is 31.6 Å². The molecule has 1 aliphatic heterocycles. The minimum absolute atomic E-state index is 0.0852. The van der Waals surface area contributed by atoms with Crippen LogP contribution < -0.4 is 10.6 Å². The Morgan fingerprint density at radius 1 is 1.29 bits per heavy atom. The van der Waals surface area contributed by atoms with Crippen LogP contribution in [0.3, 0.4) is 0 Å². The normalized spacial score (nSPS) is 15.0. The van der Waals surface area contributed by atoms with Crippen molar-refractivity contribution < 1.29 is 14.3 Å². The summed E-state index contributed by atoms with van der Waals surface area (Å²) in [5.41, 5.74) is 0.840. The molecule has 2 N–H and O–H groups in total. The lowest BCUT2D eigenvalue weighted by Crippen LogP contribution is -2.38. The van der Waals surface area contributed by atoms with E-state index >= 15 is 0 Å². The molecule has 1 heterocycles. The lowest BCUT2D eigenvalue weighted by atomic mass is 9.99. The molecule has 1 aromatic rings. The van der Waals surface area contributed by atoms with Gasteiger partial charge in [-0.15, -0.1) is 0 Å². The Kier molecular flexibility index (Phi) is 5.29. The molecule has 2 amide bonds. The van der Waals surface area contributed by atoms with Crippen LogP contribution in [0.5, 0.6) is 0 Å². The van der Waals surface area contributed by atoms with E-state index in [0.29, 0.717) is 37.3 Å². The van der Waals surface area contributed by atoms with Gasteiger partial charge in [0.15, 0.2) is 0 Å². The number of hydrogen-bond acceptors (Lipinski definition) is 4. The number of nitrogens with one attached hydrogen (secondary N) is 2. The molecule has 0 aromatic heterocycles. The summed E-state index contributed by atoms with van der Waals surface area (Å²) in [4.78, 5) is 23.7. The number of rotatable bonds is 4. The maximum Gasteiger partial charge on any atom is 0.243 e. The van der Waals surface area contributed by atoms with Crippen molar-refractivity contribution in [1.29, 1.82) is 5.26 Å². The van der Waals surface area contributed by atoms with Crippen molar-refractivity contribution in [2.45, 2.75) is 12.8 Å². The fourth-order valence-corrected chi connectivity index (χ4v) is 2.16. The standard InChI is InChI=1S/C15H17N3O3/c16-9-12-3-1-2-4-13(12)18-14(19)10-17-15(20)11-5-7-21-8-6-11/h1-4,11H,5-8,10H2,(H,17,20)(H,18,19). The van der Waals surface area contributed by atoms with Crippen LogP contribution in [0.2, 0.25) is 0 Å². The zero-order valence-corrected chi connectivity index (χ0v) is 11.6. The Bertz CT molecular complexity index is 560. The van der Waals surface area contributed by atoms with Gasteiger partial charge in [-0.05, 0) is 25.0 Å². The molecule has 0 unspecified atom stereocenters. The average Bonchev–Trinajstić information content (AvgIpc) is 2.54. The Balaban J connectivity index is 1.82. The number of hydrogen-bond donors (Lipinski definition) is 2. The molecule has 0 atom stereocenters. The van der Waals surface area contributed by atoms with Crippen molar-refractivity contribution in [3.63, 3.8) is 0 Å². The van der Waals surface area contributed by atoms with Gasteiger partial charge in [0.2, 0.25) is 11.8 Å². The highest BCUT2D eigenvalue weighted by Gasteiger charge is 2.21. The second-order valence-corrected chi connectivity index (χ2v) is 4.81. The fraction of sp³-hybridized carbons (Fsp3) is 0.400. The number of nitrogens with zero attached hydrogens (tertiary/aromatic N) is 1. The topological polar surface area (TPSA) is 91.2 Å². The highest BCUT2D eigenvalue weighted by Crippen LogP contribution is 2.15. The summed E-state index contributed by atoms with van der Waals surface area (Å²) in [6, 6.07) is 8.73. The quantitative estimate of drug-likeness (QED) is 0.865. The zero-order chi connectivity index (χ0) is 15.1. The lowest BCUT2D eigenvalue weighted by Gasteiger charge is -2.21. The molecule has 1 aliphatic rings. The third-order valence-electron chi connectivity index (χ3n) is 3.34. The van der Waals surface area contributed by atoms with E-state index in [0.717, 1.165) is 0 Å². The van der Waals surface area contributed by atoms with Crippen LogP contribution in [0.1, 0.15) is 18.4 Å². The van der Waals surface area contributed by atoms with Gasteiger partial charge in [-0.25, -0.2) is 0 Å². The van der Waals surface area contributed by atoms with Crippen LogP contribution in [0.4, 0.5) is 5.69 Å². The Morgan fingerprint density at radius 2 is 2.00 bits per heavy atom. The number of anilines is 1. The molecule has 0 bridgehead atoms. The van der Waals surface area contributed by atoms with E-state index in [1.807, 2.05) is 6.07 Å². The van der Waals surface area contributed by atoms with Crippen molar-refractivity contribution in [2.75, 3.05) is 25.1 Å². The number of nitriles is 1. The Morgan fingerprint density at radius 3 is 2.71 bits per heavy atom. The fourth-order valence-electron chi connectivity index (χ4n) is 2.16. The van der Waals surface area contributed by atoms with E-state index in [2.05, 4.69) is 10.6 Å². The molecule has 6 heteroatoms. The molecule has 6 nitrogen and oxygen atoms in total. The number of carbonyl (C=O) groups is 2. The molecule has 0 saturated carbocycles. The number of ether oxygens (including phenoxy) is 1. The minimum atomic E-state index is -0.349. The Labute approximate surface area is 123 Å². The Hall–Kier alpha value is -2.39. The summed E-state index contributed by atoms with van der Waals surface area (Å²) in [6.45, 7) is 1.07. The molecule has 1 aromatic carbocycles. The van der Waals surface area contributed by atoms with Crippen LogP contribution in [-0.2, 0) is 14.3 Å². The van der Waals surface area contributed by atoms with Crippen LogP contribution in [0.15, 0.2) is 24.3 Å². The monoisotopic (exact) mass is 287 g/mol. The first-order valence-electron chi connectivity index (χ1n) is 6.85. The molecule has 0 spiro atoms. The molecule has 1 saturated heterocycles. The number of amides is 2. The van der Waals surface area contributed by atoms with Crippen molar-refractivity contribution in [3.05, 3.63) is 29.8 Å². The zero-order valence-electron chi connectivity index (χ0n) is 11.6. The maximum atomic E-state index is 11.9. The number of benzene rings is 1. The van der Waals surface area contributed by atoms with Gasteiger partial charge in [0.1, 0.15) is 6.07 Å². The SMILES string of the molecule is N#Cc1ccccc1NC(=O)CNC(=O)C1CCOCC1. The van der Waals surface area contributed by atoms with Gasteiger partial charge >= 0.3 is 0 Å². The predicted molar refractivity (Wildman–Crippen MR) is 76.3 cm³/mol. The van der Waals surface area contributed by atoms with Gasteiger partial charge in [-0.2, -0.15) is 5.26 Å². The van der Waals surface area contributed by atoms with E-state index in [1.165, 1.54) is 0 Å². The summed E-state index contributed by atoms with van der Waals surface area (Å²) < 4.78 is 5.19. The van der Waals surface area contributed by atoms with Crippen molar-refractivity contribution >= 4 is 17.5 Å². The molecule has 21 heavy (non-hydrogen) atoms. The summed E-state index contributed by atoms with van der Waals surface area (Å²) >= 11 is 0. The van der Waals surface area contributed by atoms with Crippen molar-refractivity contribution in [2.24, 2.45) is 5.92 Å². The van der Waals surface area contributed by atoms with Gasteiger partial charge in [-0.1, -0.05) is 12.1 Å². The van der Waals surface area contributed by atoms with Crippen molar-refractivity contribution in [1.82, 2.24) is 5.32 Å². The number of carbonyl (C=O) groups excluding carboxylic acids is 2. The van der Waals surface area contributed by atoms with E-state index in [1.54, 1.807) is 24.3 Å². The smallest absolute Gasteiger partial charge is 0.243 e. The molecule has 110 valence electrons. The summed E-state index contributed by atoms with van der Waals surface area (Å²) in [6.07, 6.45) is 1.37. The highest BCUT2D eigenvalue weighted by molar-refractivity contribution is 5.95. The van der Waals surface area contributed by atoms with E-state index in [4.69, 9.17) is 10.00 Å². The lowest BCUT2D eigenvalue weighted by molar-refractivity contribution is -0.129.